The van der Waals surface area contributed by atoms with E-state index in [0.29, 0.717) is 13.2 Å². The van der Waals surface area contributed by atoms with Gasteiger partial charge in [-0.05, 0) is 56.1 Å². The number of pyridine rings is 1. The van der Waals surface area contributed by atoms with Gasteiger partial charge in [-0.15, -0.1) is 0 Å². The molecule has 1 aromatic heterocycles. The molecule has 0 saturated carbocycles. The second-order valence-corrected chi connectivity index (χ2v) is 8.33. The van der Waals surface area contributed by atoms with Gasteiger partial charge in [-0.1, -0.05) is 18.2 Å². The van der Waals surface area contributed by atoms with E-state index in [1.807, 2.05) is 43.5 Å². The molecular formula is C24H31N3O3. The van der Waals surface area contributed by atoms with Crippen molar-refractivity contribution in [2.75, 3.05) is 44.8 Å². The first-order chi connectivity index (χ1) is 14.6. The summed E-state index contributed by atoms with van der Waals surface area (Å²) in [5.41, 5.74) is 0.807. The molecule has 2 aliphatic rings. The van der Waals surface area contributed by atoms with Gasteiger partial charge in [-0.2, -0.15) is 0 Å². The first-order valence-electron chi connectivity index (χ1n) is 10.8. The highest BCUT2D eigenvalue weighted by atomic mass is 16.5. The third kappa shape index (κ3) is 4.15. The van der Waals surface area contributed by atoms with Crippen LogP contribution in [0.3, 0.4) is 0 Å². The van der Waals surface area contributed by atoms with Crippen LogP contribution in [0.2, 0.25) is 0 Å². The van der Waals surface area contributed by atoms with Gasteiger partial charge in [0.15, 0.2) is 0 Å². The molecule has 2 fully saturated rings. The highest BCUT2D eigenvalue weighted by Crippen LogP contribution is 2.45. The molecule has 3 heterocycles. The number of carbonyl (C=O) groups is 1. The number of fused-ring (bicyclic) bond motifs is 1. The van der Waals surface area contributed by atoms with Crippen molar-refractivity contribution >= 4 is 11.8 Å². The van der Waals surface area contributed by atoms with Crippen LogP contribution in [0.25, 0.3) is 0 Å². The molecule has 6 nitrogen and oxygen atoms in total. The van der Waals surface area contributed by atoms with Gasteiger partial charge in [-0.25, -0.2) is 4.98 Å². The predicted octanol–water partition coefficient (Wildman–Crippen LogP) is 3.37. The van der Waals surface area contributed by atoms with E-state index in [-0.39, 0.29) is 11.9 Å². The van der Waals surface area contributed by atoms with E-state index < -0.39 is 5.41 Å². The number of esters is 1. The van der Waals surface area contributed by atoms with Crippen molar-refractivity contribution < 1.29 is 14.3 Å². The van der Waals surface area contributed by atoms with E-state index in [1.54, 1.807) is 7.11 Å². The number of methoxy groups -OCH3 is 1. The highest BCUT2D eigenvalue weighted by Gasteiger charge is 2.54. The van der Waals surface area contributed by atoms with Crippen LogP contribution in [-0.4, -0.2) is 55.7 Å². The van der Waals surface area contributed by atoms with Crippen LogP contribution in [0.15, 0.2) is 48.7 Å². The maximum absolute atomic E-state index is 13.2. The first kappa shape index (κ1) is 20.7. The lowest BCUT2D eigenvalue weighted by Crippen LogP contribution is -2.42. The Balaban J connectivity index is 1.55. The van der Waals surface area contributed by atoms with Gasteiger partial charge in [0.25, 0.3) is 0 Å². The van der Waals surface area contributed by atoms with Crippen molar-refractivity contribution in [3.63, 3.8) is 0 Å². The fraction of sp³-hybridized carbons (Fsp3) is 0.500. The van der Waals surface area contributed by atoms with E-state index in [2.05, 4.69) is 26.9 Å². The van der Waals surface area contributed by atoms with Crippen LogP contribution in [0, 0.1) is 11.3 Å². The smallest absolute Gasteiger partial charge is 0.314 e. The second kappa shape index (κ2) is 9.04. The van der Waals surface area contributed by atoms with E-state index in [1.165, 1.54) is 5.56 Å². The van der Waals surface area contributed by atoms with Gasteiger partial charge in [0, 0.05) is 38.3 Å². The van der Waals surface area contributed by atoms with Crippen molar-refractivity contribution in [2.24, 2.45) is 11.3 Å². The molecule has 160 valence electrons. The van der Waals surface area contributed by atoms with Gasteiger partial charge in [0.1, 0.15) is 11.6 Å². The number of aromatic nitrogens is 1. The summed E-state index contributed by atoms with van der Waals surface area (Å²) < 4.78 is 10.9. The number of hydrogen-bond donors (Lipinski definition) is 0. The van der Waals surface area contributed by atoms with Crippen LogP contribution < -0.4 is 9.64 Å². The minimum absolute atomic E-state index is 0.0419. The summed E-state index contributed by atoms with van der Waals surface area (Å²) in [5, 5.41) is 0. The van der Waals surface area contributed by atoms with Crippen molar-refractivity contribution in [1.29, 1.82) is 0 Å². The van der Waals surface area contributed by atoms with E-state index in [4.69, 9.17) is 9.47 Å². The summed E-state index contributed by atoms with van der Waals surface area (Å²) in [4.78, 5) is 22.4. The fourth-order valence-corrected chi connectivity index (χ4v) is 4.97. The summed E-state index contributed by atoms with van der Waals surface area (Å²) in [6.45, 7) is 6.58. The molecule has 0 N–H and O–H groups in total. The van der Waals surface area contributed by atoms with Crippen LogP contribution in [0.5, 0.6) is 5.75 Å². The first-order valence-corrected chi connectivity index (χ1v) is 10.8. The summed E-state index contributed by atoms with van der Waals surface area (Å²) in [5.74, 6) is 1.99. The van der Waals surface area contributed by atoms with Crippen molar-refractivity contribution in [1.82, 2.24) is 9.88 Å². The Morgan fingerprint density at radius 1 is 1.20 bits per heavy atom. The third-order valence-electron chi connectivity index (χ3n) is 6.49. The van der Waals surface area contributed by atoms with Crippen molar-refractivity contribution in [3.05, 3.63) is 54.2 Å². The molecule has 0 amide bonds. The highest BCUT2D eigenvalue weighted by molar-refractivity contribution is 5.79. The maximum Gasteiger partial charge on any atom is 0.314 e. The van der Waals surface area contributed by atoms with Gasteiger partial charge in [0.2, 0.25) is 0 Å². The average Bonchev–Trinajstić information content (AvgIpc) is 3.05. The second-order valence-electron chi connectivity index (χ2n) is 8.33. The molecule has 30 heavy (non-hydrogen) atoms. The van der Waals surface area contributed by atoms with Crippen LogP contribution >= 0.6 is 0 Å². The normalized spacial score (nSPS) is 24.2. The molecule has 2 aliphatic heterocycles. The number of likely N-dealkylation sites (tertiary alicyclic amines) is 1. The summed E-state index contributed by atoms with van der Waals surface area (Å²) in [7, 11) is 1.69. The molecular weight excluding hydrogens is 378 g/mol. The zero-order valence-electron chi connectivity index (χ0n) is 17.9. The zero-order chi connectivity index (χ0) is 21.0. The molecule has 6 heteroatoms. The molecule has 0 aliphatic carbocycles. The molecule has 0 spiro atoms. The van der Waals surface area contributed by atoms with E-state index >= 15 is 0 Å². The Kier molecular flexibility index (Phi) is 6.23. The van der Waals surface area contributed by atoms with Gasteiger partial charge < -0.3 is 14.4 Å². The molecule has 1 aromatic carbocycles. The van der Waals surface area contributed by atoms with E-state index in [9.17, 15) is 4.79 Å². The Bertz CT molecular complexity index is 843. The number of ether oxygens (including phenoxy) is 2. The van der Waals surface area contributed by atoms with Crippen LogP contribution in [-0.2, 0) is 16.1 Å². The quantitative estimate of drug-likeness (QED) is 0.682. The topological polar surface area (TPSA) is 54.9 Å². The lowest BCUT2D eigenvalue weighted by molar-refractivity contribution is -0.157. The lowest BCUT2D eigenvalue weighted by atomic mass is 9.75. The average molecular weight is 410 g/mol. The van der Waals surface area contributed by atoms with Crippen LogP contribution in [0.4, 0.5) is 5.82 Å². The number of carbonyl (C=O) groups excluding carboxylic acids is 1. The third-order valence-corrected chi connectivity index (χ3v) is 6.49. The van der Waals surface area contributed by atoms with Gasteiger partial charge >= 0.3 is 5.97 Å². The maximum atomic E-state index is 13.2. The van der Waals surface area contributed by atoms with Crippen molar-refractivity contribution in [3.8, 4) is 5.75 Å². The molecule has 0 radical (unpaired) electrons. The largest absolute Gasteiger partial charge is 0.497 e. The molecule has 2 saturated heterocycles. The zero-order valence-corrected chi connectivity index (χ0v) is 17.9. The minimum atomic E-state index is -0.456. The number of nitrogens with zero attached hydrogens (tertiary/aromatic N) is 3. The number of benzene rings is 1. The molecule has 0 bridgehead atoms. The minimum Gasteiger partial charge on any atom is -0.497 e. The molecule has 0 unspecified atom stereocenters. The SMILES string of the molecule is CCOC(=O)[C@]12CCCN(Cc3ccc(OC)cc3)C[C@H]1CN(c1ccccn1)C2. The standard InChI is InChI=1S/C24H31N3O3/c1-3-30-23(28)24-12-6-14-26(15-19-8-10-21(29-2)11-9-19)16-20(24)17-27(18-24)22-7-4-5-13-25-22/h4-5,7-11,13,20H,3,6,12,14-18H2,1-2H3/t20-,24-/m0/s1. The summed E-state index contributed by atoms with van der Waals surface area (Å²) >= 11 is 0. The Labute approximate surface area is 178 Å². The summed E-state index contributed by atoms with van der Waals surface area (Å²) in [6.07, 6.45) is 3.66. The molecule has 2 aromatic rings. The Morgan fingerprint density at radius 2 is 2.03 bits per heavy atom. The van der Waals surface area contributed by atoms with Crippen molar-refractivity contribution in [2.45, 2.75) is 26.3 Å². The van der Waals surface area contributed by atoms with Gasteiger partial charge in [0.05, 0.1) is 19.1 Å². The Morgan fingerprint density at radius 3 is 2.73 bits per heavy atom. The molecule has 4 rings (SSSR count). The predicted molar refractivity (Wildman–Crippen MR) is 117 cm³/mol. The number of hydrogen-bond acceptors (Lipinski definition) is 6. The monoisotopic (exact) mass is 409 g/mol. The fourth-order valence-electron chi connectivity index (χ4n) is 4.97. The number of rotatable bonds is 6. The molecule has 2 atom stereocenters. The summed E-state index contributed by atoms with van der Waals surface area (Å²) in [6, 6.07) is 14.2. The van der Waals surface area contributed by atoms with E-state index in [0.717, 1.165) is 50.6 Å². The van der Waals surface area contributed by atoms with Gasteiger partial charge in [-0.3, -0.25) is 9.69 Å². The Hall–Kier alpha value is -2.60. The van der Waals surface area contributed by atoms with Crippen LogP contribution in [0.1, 0.15) is 25.3 Å². The number of anilines is 1. The lowest BCUT2D eigenvalue weighted by Gasteiger charge is -2.31.